The molecule has 2 aromatic carbocycles. The summed E-state index contributed by atoms with van der Waals surface area (Å²) in [7, 11) is 0. The van der Waals surface area contributed by atoms with Crippen LogP contribution in [0.4, 0.5) is 10.1 Å². The molecule has 0 atom stereocenters. The summed E-state index contributed by atoms with van der Waals surface area (Å²) in [6.45, 7) is -0.565. The second kappa shape index (κ2) is 6.96. The second-order valence-electron chi connectivity index (χ2n) is 5.23. The Labute approximate surface area is 141 Å². The molecule has 3 rings (SSSR count). The largest absolute Gasteiger partial charge is 0.451 e. The summed E-state index contributed by atoms with van der Waals surface area (Å²) in [5, 5.41) is 2.85. The monoisotopic (exact) mass is 340 g/mol. The molecule has 0 fully saturated rings. The number of rotatable bonds is 4. The van der Waals surface area contributed by atoms with Gasteiger partial charge in [0.2, 0.25) is 0 Å². The van der Waals surface area contributed by atoms with E-state index in [0.717, 1.165) is 12.1 Å². The van der Waals surface area contributed by atoms with Crippen LogP contribution >= 0.6 is 0 Å². The van der Waals surface area contributed by atoms with E-state index in [-0.39, 0.29) is 16.8 Å². The quantitative estimate of drug-likeness (QED) is 0.714. The molecule has 0 saturated heterocycles. The minimum absolute atomic E-state index is 0.0535. The SMILES string of the molecule is O=C(COC(=O)c1cc(=O)c2ccccc2[nH]1)Nc1cccc(F)c1. The maximum Gasteiger partial charge on any atom is 0.355 e. The Bertz CT molecular complexity index is 1010. The summed E-state index contributed by atoms with van der Waals surface area (Å²) in [5.41, 5.74) is 0.360. The number of anilines is 1. The highest BCUT2D eigenvalue weighted by Crippen LogP contribution is 2.10. The van der Waals surface area contributed by atoms with Gasteiger partial charge in [0.05, 0.1) is 0 Å². The van der Waals surface area contributed by atoms with Gasteiger partial charge in [0.15, 0.2) is 12.0 Å². The van der Waals surface area contributed by atoms with Crippen LogP contribution in [0.1, 0.15) is 10.5 Å². The number of hydrogen-bond donors (Lipinski definition) is 2. The van der Waals surface area contributed by atoms with Crippen molar-refractivity contribution in [3.63, 3.8) is 0 Å². The number of esters is 1. The van der Waals surface area contributed by atoms with Gasteiger partial charge in [-0.05, 0) is 30.3 Å². The highest BCUT2D eigenvalue weighted by Gasteiger charge is 2.13. The highest BCUT2D eigenvalue weighted by molar-refractivity contribution is 5.95. The van der Waals surface area contributed by atoms with Crippen molar-refractivity contribution in [2.45, 2.75) is 0 Å². The molecule has 0 aliphatic rings. The van der Waals surface area contributed by atoms with E-state index in [0.29, 0.717) is 10.9 Å². The number of benzene rings is 2. The third kappa shape index (κ3) is 3.89. The molecule has 7 heteroatoms. The molecule has 1 heterocycles. The normalized spacial score (nSPS) is 10.4. The number of ether oxygens (including phenoxy) is 1. The maximum absolute atomic E-state index is 13.0. The lowest BCUT2D eigenvalue weighted by Crippen LogP contribution is -2.22. The first-order valence-electron chi connectivity index (χ1n) is 7.37. The average molecular weight is 340 g/mol. The summed E-state index contributed by atoms with van der Waals surface area (Å²) in [5.74, 6) is -1.96. The van der Waals surface area contributed by atoms with E-state index in [1.165, 1.54) is 18.2 Å². The van der Waals surface area contributed by atoms with Crippen molar-refractivity contribution < 1.29 is 18.7 Å². The van der Waals surface area contributed by atoms with Crippen molar-refractivity contribution >= 4 is 28.5 Å². The summed E-state index contributed by atoms with van der Waals surface area (Å²) in [6, 6.07) is 13.2. The fourth-order valence-electron chi connectivity index (χ4n) is 2.28. The Hall–Kier alpha value is -3.48. The number of carbonyl (C=O) groups excluding carboxylic acids is 2. The van der Waals surface area contributed by atoms with Crippen molar-refractivity contribution in [3.8, 4) is 0 Å². The predicted molar refractivity (Wildman–Crippen MR) is 89.9 cm³/mol. The predicted octanol–water partition coefficient (Wildman–Crippen LogP) is 2.46. The number of hydrogen-bond acceptors (Lipinski definition) is 4. The van der Waals surface area contributed by atoms with E-state index in [1.54, 1.807) is 24.3 Å². The van der Waals surface area contributed by atoms with Gasteiger partial charge in [0.25, 0.3) is 5.91 Å². The van der Waals surface area contributed by atoms with Crippen LogP contribution in [-0.4, -0.2) is 23.5 Å². The summed E-state index contributed by atoms with van der Waals surface area (Å²) >= 11 is 0. The Morgan fingerprint density at radius 1 is 1.08 bits per heavy atom. The number of carbonyl (C=O) groups is 2. The van der Waals surface area contributed by atoms with Crippen LogP contribution in [0.5, 0.6) is 0 Å². The van der Waals surface area contributed by atoms with Crippen molar-refractivity contribution in [1.82, 2.24) is 4.98 Å². The minimum Gasteiger partial charge on any atom is -0.451 e. The number of nitrogens with one attached hydrogen (secondary N) is 2. The summed E-state index contributed by atoms with van der Waals surface area (Å²) in [6.07, 6.45) is 0. The Morgan fingerprint density at radius 2 is 1.88 bits per heavy atom. The van der Waals surface area contributed by atoms with E-state index in [4.69, 9.17) is 4.74 Å². The minimum atomic E-state index is -0.836. The fourth-order valence-corrected chi connectivity index (χ4v) is 2.28. The molecule has 0 radical (unpaired) electrons. The van der Waals surface area contributed by atoms with Gasteiger partial charge in [-0.2, -0.15) is 0 Å². The first-order valence-corrected chi connectivity index (χ1v) is 7.37. The maximum atomic E-state index is 13.0. The van der Waals surface area contributed by atoms with Gasteiger partial charge < -0.3 is 15.0 Å². The third-order valence-electron chi connectivity index (χ3n) is 3.40. The third-order valence-corrected chi connectivity index (χ3v) is 3.40. The zero-order valence-electron chi connectivity index (χ0n) is 12.9. The van der Waals surface area contributed by atoms with Gasteiger partial charge in [-0.25, -0.2) is 9.18 Å². The number of aromatic nitrogens is 1. The smallest absolute Gasteiger partial charge is 0.355 e. The zero-order valence-corrected chi connectivity index (χ0v) is 12.9. The average Bonchev–Trinajstić information content (AvgIpc) is 2.59. The molecular weight excluding hydrogens is 327 g/mol. The molecule has 1 amide bonds. The molecule has 0 saturated carbocycles. The molecular formula is C18H13FN2O4. The number of fused-ring (bicyclic) bond motifs is 1. The van der Waals surface area contributed by atoms with Crippen molar-refractivity contribution in [2.24, 2.45) is 0 Å². The number of pyridine rings is 1. The Morgan fingerprint density at radius 3 is 2.68 bits per heavy atom. The number of H-pyrrole nitrogens is 1. The highest BCUT2D eigenvalue weighted by atomic mass is 19.1. The van der Waals surface area contributed by atoms with Gasteiger partial charge in [0, 0.05) is 22.7 Å². The van der Waals surface area contributed by atoms with Crippen LogP contribution in [0.15, 0.2) is 59.4 Å². The number of amides is 1. The Kier molecular flexibility index (Phi) is 4.56. The van der Waals surface area contributed by atoms with Crippen LogP contribution in [0.25, 0.3) is 10.9 Å². The van der Waals surface area contributed by atoms with Gasteiger partial charge in [-0.3, -0.25) is 9.59 Å². The number of aromatic amines is 1. The lowest BCUT2D eigenvalue weighted by molar-refractivity contribution is -0.119. The van der Waals surface area contributed by atoms with Gasteiger partial charge in [0.1, 0.15) is 11.5 Å². The zero-order chi connectivity index (χ0) is 17.8. The number of halogens is 1. The summed E-state index contributed by atoms with van der Waals surface area (Å²) in [4.78, 5) is 38.5. The van der Waals surface area contributed by atoms with Gasteiger partial charge in [-0.1, -0.05) is 18.2 Å². The van der Waals surface area contributed by atoms with Gasteiger partial charge >= 0.3 is 5.97 Å². The Balaban J connectivity index is 1.66. The molecule has 6 nitrogen and oxygen atoms in total. The molecule has 0 unspecified atom stereocenters. The van der Waals surface area contributed by atoms with Crippen LogP contribution in [0, 0.1) is 5.82 Å². The topological polar surface area (TPSA) is 88.3 Å². The van der Waals surface area contributed by atoms with Crippen molar-refractivity contribution in [2.75, 3.05) is 11.9 Å². The summed E-state index contributed by atoms with van der Waals surface area (Å²) < 4.78 is 17.9. The molecule has 0 spiro atoms. The fraction of sp³-hybridized carbons (Fsp3) is 0.0556. The van der Waals surface area contributed by atoms with Crippen molar-refractivity contribution in [1.29, 1.82) is 0 Å². The molecule has 1 aromatic heterocycles. The lowest BCUT2D eigenvalue weighted by atomic mass is 10.2. The standard InChI is InChI=1S/C18H13FN2O4/c19-11-4-3-5-12(8-11)20-17(23)10-25-18(24)15-9-16(22)13-6-1-2-7-14(13)21-15/h1-9H,10H2,(H,20,23)(H,21,22). The van der Waals surface area contributed by atoms with E-state index < -0.39 is 24.3 Å². The first kappa shape index (κ1) is 16.4. The molecule has 0 aliphatic heterocycles. The molecule has 0 aliphatic carbocycles. The first-order chi connectivity index (χ1) is 12.0. The van der Waals surface area contributed by atoms with E-state index in [9.17, 15) is 18.8 Å². The molecule has 0 bridgehead atoms. The van der Waals surface area contributed by atoms with Gasteiger partial charge in [-0.15, -0.1) is 0 Å². The van der Waals surface area contributed by atoms with Crippen LogP contribution < -0.4 is 10.7 Å². The van der Waals surface area contributed by atoms with E-state index in [2.05, 4.69) is 10.3 Å². The molecule has 2 N–H and O–H groups in total. The van der Waals surface area contributed by atoms with E-state index in [1.807, 2.05) is 0 Å². The lowest BCUT2D eigenvalue weighted by Gasteiger charge is -2.07. The molecule has 3 aromatic rings. The van der Waals surface area contributed by atoms with Crippen molar-refractivity contribution in [3.05, 3.63) is 76.3 Å². The van der Waals surface area contributed by atoms with Crippen LogP contribution in [0.2, 0.25) is 0 Å². The molecule has 126 valence electrons. The van der Waals surface area contributed by atoms with Crippen LogP contribution in [0.3, 0.4) is 0 Å². The number of para-hydroxylation sites is 1. The van der Waals surface area contributed by atoms with E-state index >= 15 is 0 Å². The van der Waals surface area contributed by atoms with Crippen LogP contribution in [-0.2, 0) is 9.53 Å². The molecule has 25 heavy (non-hydrogen) atoms. The second-order valence-corrected chi connectivity index (χ2v) is 5.23.